The third-order valence-electron chi connectivity index (χ3n) is 3.86. The Balaban J connectivity index is 1.67. The van der Waals surface area contributed by atoms with Crippen molar-refractivity contribution in [2.75, 3.05) is 12.3 Å². The van der Waals surface area contributed by atoms with Crippen molar-refractivity contribution in [1.29, 1.82) is 0 Å². The van der Waals surface area contributed by atoms with E-state index in [1.165, 1.54) is 5.56 Å². The molecular weight excluding hydrogens is 250 g/mol. The van der Waals surface area contributed by atoms with Crippen LogP contribution in [0.1, 0.15) is 28.8 Å². The van der Waals surface area contributed by atoms with Gasteiger partial charge in [-0.05, 0) is 42.7 Å². The van der Waals surface area contributed by atoms with Crippen LogP contribution in [-0.2, 0) is 5.41 Å². The van der Waals surface area contributed by atoms with Gasteiger partial charge in [-0.2, -0.15) is 0 Å². The molecule has 4 nitrogen and oxygen atoms in total. The molecule has 102 valence electrons. The molecule has 0 aliphatic heterocycles. The van der Waals surface area contributed by atoms with Gasteiger partial charge in [-0.3, -0.25) is 9.78 Å². The number of amides is 1. The van der Waals surface area contributed by atoms with Crippen molar-refractivity contribution < 1.29 is 4.79 Å². The van der Waals surface area contributed by atoms with Crippen molar-refractivity contribution in [1.82, 2.24) is 10.3 Å². The number of aromatic nitrogens is 1. The topological polar surface area (TPSA) is 68.0 Å². The normalized spacial score (nSPS) is 15.6. The molecule has 0 bridgehead atoms. The van der Waals surface area contributed by atoms with Gasteiger partial charge in [0.15, 0.2) is 0 Å². The maximum Gasteiger partial charge on any atom is 0.251 e. The summed E-state index contributed by atoms with van der Waals surface area (Å²) in [6.07, 6.45) is 5.84. The Bertz CT molecular complexity index is 621. The van der Waals surface area contributed by atoms with Crippen molar-refractivity contribution in [3.8, 4) is 0 Å². The molecule has 20 heavy (non-hydrogen) atoms. The van der Waals surface area contributed by atoms with Crippen LogP contribution in [0.15, 0.2) is 48.8 Å². The quantitative estimate of drug-likeness (QED) is 0.834. The number of carbonyl (C=O) groups excluding carboxylic acids is 1. The van der Waals surface area contributed by atoms with Gasteiger partial charge in [0.2, 0.25) is 0 Å². The Morgan fingerprint density at radius 2 is 2.15 bits per heavy atom. The first-order valence-corrected chi connectivity index (χ1v) is 6.74. The average molecular weight is 267 g/mol. The van der Waals surface area contributed by atoms with Crippen molar-refractivity contribution in [3.63, 3.8) is 0 Å². The van der Waals surface area contributed by atoms with Gasteiger partial charge in [0.25, 0.3) is 5.91 Å². The van der Waals surface area contributed by atoms with Gasteiger partial charge in [0.05, 0.1) is 0 Å². The minimum atomic E-state index is -0.0764. The van der Waals surface area contributed by atoms with Crippen molar-refractivity contribution in [3.05, 3.63) is 59.9 Å². The number of rotatable bonds is 4. The Labute approximate surface area is 118 Å². The number of hydrogen-bond donors (Lipinski definition) is 2. The van der Waals surface area contributed by atoms with Gasteiger partial charge in [-0.25, -0.2) is 0 Å². The van der Waals surface area contributed by atoms with Crippen LogP contribution in [0, 0.1) is 0 Å². The van der Waals surface area contributed by atoms with Crippen molar-refractivity contribution in [2.45, 2.75) is 18.3 Å². The van der Waals surface area contributed by atoms with E-state index in [1.54, 1.807) is 30.5 Å². The second-order valence-electron chi connectivity index (χ2n) is 5.33. The zero-order chi connectivity index (χ0) is 14.0. The molecule has 1 aliphatic rings. The Hall–Kier alpha value is -2.36. The summed E-state index contributed by atoms with van der Waals surface area (Å²) in [4.78, 5) is 16.3. The van der Waals surface area contributed by atoms with Crippen LogP contribution >= 0.6 is 0 Å². The molecule has 1 heterocycles. The highest BCUT2D eigenvalue weighted by Gasteiger charge is 2.44. The van der Waals surface area contributed by atoms with Crippen LogP contribution < -0.4 is 11.1 Å². The largest absolute Gasteiger partial charge is 0.399 e. The number of nitrogens with two attached hydrogens (primary N) is 1. The average Bonchev–Trinajstić information content (AvgIpc) is 3.27. The molecular formula is C16H17N3O. The van der Waals surface area contributed by atoms with Gasteiger partial charge in [0.1, 0.15) is 0 Å². The van der Waals surface area contributed by atoms with Gasteiger partial charge < -0.3 is 11.1 Å². The van der Waals surface area contributed by atoms with Crippen LogP contribution in [-0.4, -0.2) is 17.4 Å². The number of nitrogen functional groups attached to an aromatic ring is 1. The Morgan fingerprint density at radius 3 is 2.80 bits per heavy atom. The van der Waals surface area contributed by atoms with Crippen molar-refractivity contribution in [2.24, 2.45) is 0 Å². The summed E-state index contributed by atoms with van der Waals surface area (Å²) in [6.45, 7) is 0.645. The molecule has 1 saturated carbocycles. The molecule has 4 heteroatoms. The minimum absolute atomic E-state index is 0.0737. The van der Waals surface area contributed by atoms with Crippen LogP contribution in [0.25, 0.3) is 0 Å². The number of anilines is 1. The SMILES string of the molecule is Nc1cccc(C(=O)NCC2(c3cccnc3)CC2)c1. The van der Waals surface area contributed by atoms with E-state index in [4.69, 9.17) is 5.73 Å². The smallest absolute Gasteiger partial charge is 0.251 e. The lowest BCUT2D eigenvalue weighted by molar-refractivity contribution is 0.0949. The molecule has 2 aromatic rings. The lowest BCUT2D eigenvalue weighted by Crippen LogP contribution is -2.32. The number of pyridine rings is 1. The van der Waals surface area contributed by atoms with E-state index in [0.717, 1.165) is 12.8 Å². The molecule has 1 aliphatic carbocycles. The molecule has 0 atom stereocenters. The summed E-state index contributed by atoms with van der Waals surface area (Å²) in [5.74, 6) is -0.0764. The predicted octanol–water partition coefficient (Wildman–Crippen LogP) is 2.13. The van der Waals surface area contributed by atoms with E-state index >= 15 is 0 Å². The van der Waals surface area contributed by atoms with Crippen LogP contribution in [0.2, 0.25) is 0 Å². The maximum absolute atomic E-state index is 12.1. The second kappa shape index (κ2) is 4.96. The first kappa shape index (κ1) is 12.7. The first-order chi connectivity index (χ1) is 9.70. The fraction of sp³-hybridized carbons (Fsp3) is 0.250. The van der Waals surface area contributed by atoms with E-state index < -0.39 is 0 Å². The fourth-order valence-electron chi connectivity index (χ4n) is 2.43. The number of nitrogens with one attached hydrogen (secondary N) is 1. The second-order valence-corrected chi connectivity index (χ2v) is 5.33. The summed E-state index contributed by atoms with van der Waals surface area (Å²) in [7, 11) is 0. The monoisotopic (exact) mass is 267 g/mol. The standard InChI is InChI=1S/C16H17N3O/c17-14-5-1-3-12(9-14)15(20)19-11-16(6-7-16)13-4-2-8-18-10-13/h1-5,8-10H,6-7,11,17H2,(H,19,20). The highest BCUT2D eigenvalue weighted by Crippen LogP contribution is 2.47. The molecule has 0 unspecified atom stereocenters. The molecule has 1 fully saturated rings. The van der Waals surface area contributed by atoms with Gasteiger partial charge in [-0.1, -0.05) is 12.1 Å². The third-order valence-corrected chi connectivity index (χ3v) is 3.86. The summed E-state index contributed by atoms with van der Waals surface area (Å²) < 4.78 is 0. The predicted molar refractivity (Wildman–Crippen MR) is 78.3 cm³/mol. The van der Waals surface area contributed by atoms with Crippen LogP contribution in [0.5, 0.6) is 0 Å². The zero-order valence-electron chi connectivity index (χ0n) is 11.2. The number of nitrogens with zero attached hydrogens (tertiary/aromatic N) is 1. The van der Waals surface area contributed by atoms with E-state index in [9.17, 15) is 4.79 Å². The molecule has 3 N–H and O–H groups in total. The molecule has 1 amide bonds. The first-order valence-electron chi connectivity index (χ1n) is 6.74. The third kappa shape index (κ3) is 2.50. The van der Waals surface area contributed by atoms with Crippen molar-refractivity contribution >= 4 is 11.6 Å². The van der Waals surface area contributed by atoms with Gasteiger partial charge >= 0.3 is 0 Å². The van der Waals surface area contributed by atoms with E-state index in [2.05, 4.69) is 16.4 Å². The van der Waals surface area contributed by atoms with E-state index in [1.807, 2.05) is 12.3 Å². The number of benzene rings is 1. The highest BCUT2D eigenvalue weighted by molar-refractivity contribution is 5.95. The van der Waals surface area contributed by atoms with E-state index in [0.29, 0.717) is 17.8 Å². The lowest BCUT2D eigenvalue weighted by Gasteiger charge is -2.16. The van der Waals surface area contributed by atoms with Gasteiger partial charge in [-0.15, -0.1) is 0 Å². The van der Waals surface area contributed by atoms with Gasteiger partial charge in [0, 0.05) is 35.6 Å². The molecule has 0 spiro atoms. The Morgan fingerprint density at radius 1 is 1.30 bits per heavy atom. The number of hydrogen-bond acceptors (Lipinski definition) is 3. The zero-order valence-corrected chi connectivity index (χ0v) is 11.2. The van der Waals surface area contributed by atoms with Crippen LogP contribution in [0.4, 0.5) is 5.69 Å². The molecule has 0 radical (unpaired) electrons. The fourth-order valence-corrected chi connectivity index (χ4v) is 2.43. The molecule has 0 saturated heterocycles. The highest BCUT2D eigenvalue weighted by atomic mass is 16.1. The summed E-state index contributed by atoms with van der Waals surface area (Å²) in [5.41, 5.74) is 8.18. The van der Waals surface area contributed by atoms with Crippen LogP contribution in [0.3, 0.4) is 0 Å². The molecule has 1 aromatic heterocycles. The maximum atomic E-state index is 12.1. The summed E-state index contributed by atoms with van der Waals surface area (Å²) in [6, 6.07) is 11.0. The number of carbonyl (C=O) groups is 1. The molecule has 1 aromatic carbocycles. The summed E-state index contributed by atoms with van der Waals surface area (Å²) >= 11 is 0. The molecule has 3 rings (SSSR count). The van der Waals surface area contributed by atoms with E-state index in [-0.39, 0.29) is 11.3 Å². The summed E-state index contributed by atoms with van der Waals surface area (Å²) in [5, 5.41) is 3.01. The Kier molecular flexibility index (Phi) is 3.14. The lowest BCUT2D eigenvalue weighted by atomic mass is 9.97. The minimum Gasteiger partial charge on any atom is -0.399 e.